The summed E-state index contributed by atoms with van der Waals surface area (Å²) in [6.45, 7) is 3.45. The van der Waals surface area contributed by atoms with E-state index in [2.05, 4.69) is 15.8 Å². The van der Waals surface area contributed by atoms with Crippen LogP contribution < -0.4 is 10.6 Å². The van der Waals surface area contributed by atoms with E-state index >= 15 is 0 Å². The molecule has 0 spiro atoms. The predicted octanol–water partition coefficient (Wildman–Crippen LogP) is 1.30. The van der Waals surface area contributed by atoms with Gasteiger partial charge in [0.1, 0.15) is 5.76 Å². The van der Waals surface area contributed by atoms with Crippen LogP contribution in [0.1, 0.15) is 28.1 Å². The highest BCUT2D eigenvalue weighted by atomic mass is 32.2. The average molecular weight is 394 g/mol. The molecule has 2 aromatic rings. The van der Waals surface area contributed by atoms with Crippen molar-refractivity contribution >= 4 is 27.7 Å². The zero-order valence-corrected chi connectivity index (χ0v) is 16.4. The van der Waals surface area contributed by atoms with E-state index in [0.717, 1.165) is 4.31 Å². The van der Waals surface area contributed by atoms with E-state index in [-0.39, 0.29) is 29.3 Å². The highest BCUT2D eigenvalue weighted by Gasteiger charge is 2.21. The summed E-state index contributed by atoms with van der Waals surface area (Å²) in [5.41, 5.74) is 0.746. The zero-order valence-electron chi connectivity index (χ0n) is 15.6. The number of aromatic nitrogens is 1. The number of anilines is 1. The second kappa shape index (κ2) is 8.31. The summed E-state index contributed by atoms with van der Waals surface area (Å²) in [7, 11) is -0.803. The summed E-state index contributed by atoms with van der Waals surface area (Å²) in [6, 6.07) is 6.02. The van der Waals surface area contributed by atoms with Crippen LogP contribution in [0.4, 0.5) is 5.82 Å². The molecule has 0 aliphatic heterocycles. The lowest BCUT2D eigenvalue weighted by Crippen LogP contribution is -2.28. The molecule has 0 aliphatic carbocycles. The topological polar surface area (TPSA) is 122 Å². The third-order valence-electron chi connectivity index (χ3n) is 3.74. The molecule has 0 unspecified atom stereocenters. The number of hydrogen-bond donors (Lipinski definition) is 2. The van der Waals surface area contributed by atoms with Crippen molar-refractivity contribution < 1.29 is 22.5 Å². The molecule has 1 aromatic heterocycles. The van der Waals surface area contributed by atoms with Crippen LogP contribution in [0.15, 0.2) is 33.7 Å². The molecule has 27 heavy (non-hydrogen) atoms. The number of carbonyl (C=O) groups is 2. The fourth-order valence-corrected chi connectivity index (χ4v) is 3.38. The summed E-state index contributed by atoms with van der Waals surface area (Å²) in [5, 5.41) is 8.79. The molecule has 1 heterocycles. The number of rotatable bonds is 7. The number of hydrogen-bond acceptors (Lipinski definition) is 6. The molecule has 0 radical (unpaired) electrons. The van der Waals surface area contributed by atoms with Crippen molar-refractivity contribution in [2.75, 3.05) is 26.0 Å². The Bertz CT molecular complexity index is 950. The molecule has 2 N–H and O–H groups in total. The van der Waals surface area contributed by atoms with Gasteiger partial charge in [-0.3, -0.25) is 9.59 Å². The van der Waals surface area contributed by atoms with E-state index in [4.69, 9.17) is 4.52 Å². The SMILES string of the molecule is Cc1cc(NC(=O)CCNC(=O)c2ccc(C)c(S(=O)(=O)N(C)C)c2)no1. The Labute approximate surface area is 157 Å². The van der Waals surface area contributed by atoms with Gasteiger partial charge in [0.15, 0.2) is 5.82 Å². The lowest BCUT2D eigenvalue weighted by Gasteiger charge is -2.14. The normalized spacial score (nSPS) is 11.4. The smallest absolute Gasteiger partial charge is 0.251 e. The monoisotopic (exact) mass is 394 g/mol. The molecule has 0 aliphatic rings. The van der Waals surface area contributed by atoms with E-state index in [1.807, 2.05) is 0 Å². The molecular formula is C17H22N4O5S. The number of benzene rings is 1. The van der Waals surface area contributed by atoms with Gasteiger partial charge in [-0.1, -0.05) is 11.2 Å². The van der Waals surface area contributed by atoms with Gasteiger partial charge in [-0.15, -0.1) is 0 Å². The minimum atomic E-state index is -3.66. The molecule has 2 rings (SSSR count). The molecule has 0 bridgehead atoms. The van der Waals surface area contributed by atoms with E-state index in [1.54, 1.807) is 26.0 Å². The largest absolute Gasteiger partial charge is 0.360 e. The van der Waals surface area contributed by atoms with Crippen LogP contribution in [0, 0.1) is 13.8 Å². The number of aryl methyl sites for hydroxylation is 2. The maximum Gasteiger partial charge on any atom is 0.251 e. The first-order valence-electron chi connectivity index (χ1n) is 8.16. The van der Waals surface area contributed by atoms with Crippen LogP contribution in [0.25, 0.3) is 0 Å². The summed E-state index contributed by atoms with van der Waals surface area (Å²) < 4.78 is 30.6. The van der Waals surface area contributed by atoms with Gasteiger partial charge in [0.2, 0.25) is 15.9 Å². The first-order valence-corrected chi connectivity index (χ1v) is 9.60. The fraction of sp³-hybridized carbons (Fsp3) is 0.353. The van der Waals surface area contributed by atoms with Gasteiger partial charge < -0.3 is 15.2 Å². The summed E-state index contributed by atoms with van der Waals surface area (Å²) >= 11 is 0. The van der Waals surface area contributed by atoms with Gasteiger partial charge in [-0.25, -0.2) is 12.7 Å². The van der Waals surface area contributed by atoms with Crippen molar-refractivity contribution in [1.82, 2.24) is 14.8 Å². The van der Waals surface area contributed by atoms with E-state index in [0.29, 0.717) is 17.1 Å². The minimum Gasteiger partial charge on any atom is -0.360 e. The number of nitrogens with one attached hydrogen (secondary N) is 2. The van der Waals surface area contributed by atoms with Crippen molar-refractivity contribution in [2.24, 2.45) is 0 Å². The lowest BCUT2D eigenvalue weighted by molar-refractivity contribution is -0.116. The van der Waals surface area contributed by atoms with Gasteiger partial charge in [-0.05, 0) is 31.5 Å². The Morgan fingerprint density at radius 2 is 1.89 bits per heavy atom. The highest BCUT2D eigenvalue weighted by molar-refractivity contribution is 7.89. The molecule has 0 fully saturated rings. The fourth-order valence-electron chi connectivity index (χ4n) is 2.24. The van der Waals surface area contributed by atoms with Crippen molar-refractivity contribution in [3.63, 3.8) is 0 Å². The van der Waals surface area contributed by atoms with Crippen LogP contribution in [-0.4, -0.2) is 50.3 Å². The summed E-state index contributed by atoms with van der Waals surface area (Å²) in [5.74, 6) is 0.0843. The minimum absolute atomic E-state index is 0.0341. The van der Waals surface area contributed by atoms with E-state index < -0.39 is 15.9 Å². The molecular weight excluding hydrogens is 372 g/mol. The second-order valence-electron chi connectivity index (χ2n) is 6.14. The van der Waals surface area contributed by atoms with Gasteiger partial charge in [0.05, 0.1) is 4.90 Å². The third-order valence-corrected chi connectivity index (χ3v) is 5.70. The molecule has 1 aromatic carbocycles. The van der Waals surface area contributed by atoms with Crippen molar-refractivity contribution in [1.29, 1.82) is 0 Å². The van der Waals surface area contributed by atoms with Gasteiger partial charge in [0, 0.05) is 38.7 Å². The van der Waals surface area contributed by atoms with Crippen LogP contribution in [0.2, 0.25) is 0 Å². The predicted molar refractivity (Wildman–Crippen MR) is 98.9 cm³/mol. The molecule has 9 nitrogen and oxygen atoms in total. The molecule has 0 saturated heterocycles. The average Bonchev–Trinajstić information content (AvgIpc) is 2.99. The van der Waals surface area contributed by atoms with Gasteiger partial charge >= 0.3 is 0 Å². The van der Waals surface area contributed by atoms with Crippen LogP contribution in [-0.2, 0) is 14.8 Å². The van der Waals surface area contributed by atoms with Crippen LogP contribution >= 0.6 is 0 Å². The molecule has 2 amide bonds. The van der Waals surface area contributed by atoms with E-state index in [9.17, 15) is 18.0 Å². The van der Waals surface area contributed by atoms with Crippen molar-refractivity contribution in [2.45, 2.75) is 25.2 Å². The Balaban J connectivity index is 1.97. The first-order chi connectivity index (χ1) is 12.6. The number of carbonyl (C=O) groups excluding carboxylic acids is 2. The zero-order chi connectivity index (χ0) is 20.2. The number of amides is 2. The quantitative estimate of drug-likeness (QED) is 0.730. The standard InChI is InChI=1S/C17H22N4O5S/c1-11-5-6-13(10-14(11)27(24,25)21(3)4)17(23)18-8-7-16(22)19-15-9-12(2)26-20-15/h5-6,9-10H,7-8H2,1-4H3,(H,18,23)(H,19,20,22). The Hall–Kier alpha value is -2.72. The Morgan fingerprint density at radius 1 is 1.19 bits per heavy atom. The maximum absolute atomic E-state index is 12.3. The Kier molecular flexibility index (Phi) is 6.34. The first kappa shape index (κ1) is 20.6. The van der Waals surface area contributed by atoms with Crippen molar-refractivity contribution in [3.8, 4) is 0 Å². The molecule has 0 atom stereocenters. The maximum atomic E-state index is 12.3. The summed E-state index contributed by atoms with van der Waals surface area (Å²) in [4.78, 5) is 24.2. The second-order valence-corrected chi connectivity index (χ2v) is 8.26. The van der Waals surface area contributed by atoms with Gasteiger partial charge in [-0.2, -0.15) is 0 Å². The van der Waals surface area contributed by atoms with Crippen molar-refractivity contribution in [3.05, 3.63) is 41.2 Å². The van der Waals surface area contributed by atoms with Crippen LogP contribution in [0.3, 0.4) is 0 Å². The molecule has 146 valence electrons. The highest BCUT2D eigenvalue weighted by Crippen LogP contribution is 2.19. The van der Waals surface area contributed by atoms with Gasteiger partial charge in [0.25, 0.3) is 5.91 Å². The number of sulfonamides is 1. The summed E-state index contributed by atoms with van der Waals surface area (Å²) in [6.07, 6.45) is 0.0341. The third kappa shape index (κ3) is 5.14. The van der Waals surface area contributed by atoms with E-state index in [1.165, 1.54) is 26.2 Å². The van der Waals surface area contributed by atoms with Crippen LogP contribution in [0.5, 0.6) is 0 Å². The molecule has 0 saturated carbocycles. The number of nitrogens with zero attached hydrogens (tertiary/aromatic N) is 2. The lowest BCUT2D eigenvalue weighted by atomic mass is 10.1. The molecule has 10 heteroatoms. The Morgan fingerprint density at radius 3 is 2.48 bits per heavy atom.